The highest BCUT2D eigenvalue weighted by molar-refractivity contribution is 8.93. The molecule has 18 heavy (non-hydrogen) atoms. The highest BCUT2D eigenvalue weighted by atomic mass is 79.9. The van der Waals surface area contributed by atoms with E-state index < -0.39 is 0 Å². The van der Waals surface area contributed by atoms with E-state index in [1.165, 1.54) is 0 Å². The number of fused-ring (bicyclic) bond motifs is 1. The molecule has 1 aromatic rings. The van der Waals surface area contributed by atoms with Crippen LogP contribution in [0.5, 0.6) is 5.88 Å². The van der Waals surface area contributed by atoms with Crippen LogP contribution in [0.3, 0.4) is 0 Å². The summed E-state index contributed by atoms with van der Waals surface area (Å²) in [5, 5.41) is 6.63. The van der Waals surface area contributed by atoms with E-state index >= 15 is 0 Å². The van der Waals surface area contributed by atoms with E-state index in [2.05, 4.69) is 42.5 Å². The monoisotopic (exact) mass is 381 g/mol. The largest absolute Gasteiger partial charge is 0.476 e. The third-order valence-electron chi connectivity index (χ3n) is 2.28. The van der Waals surface area contributed by atoms with E-state index in [9.17, 15) is 0 Å². The van der Waals surface area contributed by atoms with Crippen LogP contribution in [0.1, 0.15) is 26.3 Å². The van der Waals surface area contributed by atoms with Crippen LogP contribution in [0.15, 0.2) is 12.1 Å². The van der Waals surface area contributed by atoms with E-state index in [1.807, 2.05) is 6.07 Å². The summed E-state index contributed by atoms with van der Waals surface area (Å²) >= 11 is 0. The number of nitrogens with one attached hydrogen (secondary N) is 2. The second-order valence-corrected chi connectivity index (χ2v) is 5.06. The van der Waals surface area contributed by atoms with Gasteiger partial charge in [-0.25, -0.2) is 0 Å². The molecule has 0 aliphatic carbocycles. The van der Waals surface area contributed by atoms with Gasteiger partial charge in [0.1, 0.15) is 12.4 Å². The molecule has 0 fully saturated rings. The van der Waals surface area contributed by atoms with Gasteiger partial charge in [0.05, 0.1) is 0 Å². The predicted molar refractivity (Wildman–Crippen MR) is 85.5 cm³/mol. The quantitative estimate of drug-likeness (QED) is 0.783. The summed E-state index contributed by atoms with van der Waals surface area (Å²) in [5.74, 6) is 1.62. The molecule has 4 nitrogen and oxygen atoms in total. The fourth-order valence-corrected chi connectivity index (χ4v) is 1.63. The molecular formula is C12H21Br2N3O. The van der Waals surface area contributed by atoms with Crippen molar-refractivity contribution in [2.24, 2.45) is 0 Å². The van der Waals surface area contributed by atoms with Crippen molar-refractivity contribution >= 4 is 39.8 Å². The molecule has 2 rings (SSSR count). The minimum Gasteiger partial charge on any atom is -0.476 e. The second kappa shape index (κ2) is 7.31. The Kier molecular flexibility index (Phi) is 7.17. The van der Waals surface area contributed by atoms with Crippen LogP contribution in [0.25, 0.3) is 0 Å². The lowest BCUT2D eigenvalue weighted by molar-refractivity contribution is 0.314. The maximum atomic E-state index is 5.59. The average Bonchev–Trinajstić information content (AvgIpc) is 2.39. The SMILES string of the molecule is Br.Br.CC(C)(C)Nc1ccc2c(n1)OCCNC2. The molecular weight excluding hydrogens is 362 g/mol. The van der Waals surface area contributed by atoms with Crippen LogP contribution in [0, 0.1) is 0 Å². The minimum absolute atomic E-state index is 0. The van der Waals surface area contributed by atoms with Crippen LogP contribution in [-0.4, -0.2) is 23.7 Å². The van der Waals surface area contributed by atoms with E-state index in [0.717, 1.165) is 30.4 Å². The summed E-state index contributed by atoms with van der Waals surface area (Å²) in [6, 6.07) is 4.06. The van der Waals surface area contributed by atoms with Crippen molar-refractivity contribution in [2.45, 2.75) is 32.9 Å². The molecule has 0 saturated carbocycles. The molecule has 0 spiro atoms. The number of nitrogens with zero attached hydrogens (tertiary/aromatic N) is 1. The predicted octanol–water partition coefficient (Wildman–Crippen LogP) is 2.93. The van der Waals surface area contributed by atoms with Crippen LogP contribution in [0.4, 0.5) is 5.82 Å². The van der Waals surface area contributed by atoms with E-state index in [1.54, 1.807) is 0 Å². The van der Waals surface area contributed by atoms with Gasteiger partial charge < -0.3 is 15.4 Å². The Morgan fingerprint density at radius 3 is 2.67 bits per heavy atom. The molecule has 1 aliphatic heterocycles. The van der Waals surface area contributed by atoms with Crippen molar-refractivity contribution in [1.29, 1.82) is 0 Å². The molecule has 1 aliphatic rings. The number of hydrogen-bond acceptors (Lipinski definition) is 4. The van der Waals surface area contributed by atoms with Gasteiger partial charge in [0.25, 0.3) is 0 Å². The van der Waals surface area contributed by atoms with Crippen LogP contribution in [-0.2, 0) is 6.54 Å². The Morgan fingerprint density at radius 1 is 1.28 bits per heavy atom. The topological polar surface area (TPSA) is 46.2 Å². The van der Waals surface area contributed by atoms with Gasteiger partial charge in [0.15, 0.2) is 0 Å². The smallest absolute Gasteiger partial charge is 0.219 e. The Morgan fingerprint density at radius 2 is 2.00 bits per heavy atom. The fourth-order valence-electron chi connectivity index (χ4n) is 1.63. The number of ether oxygens (including phenoxy) is 1. The van der Waals surface area contributed by atoms with Gasteiger partial charge in [-0.1, -0.05) is 0 Å². The molecule has 2 N–H and O–H groups in total. The first-order valence-corrected chi connectivity index (χ1v) is 5.66. The van der Waals surface area contributed by atoms with Gasteiger partial charge >= 0.3 is 0 Å². The molecule has 1 aromatic heterocycles. The second-order valence-electron chi connectivity index (χ2n) is 5.06. The van der Waals surface area contributed by atoms with Gasteiger partial charge in [-0.2, -0.15) is 4.98 Å². The molecule has 0 radical (unpaired) electrons. The third-order valence-corrected chi connectivity index (χ3v) is 2.28. The van der Waals surface area contributed by atoms with Gasteiger partial charge in [0.2, 0.25) is 5.88 Å². The Bertz CT molecular complexity index is 380. The summed E-state index contributed by atoms with van der Waals surface area (Å²) in [6.45, 7) is 8.73. The Balaban J connectivity index is 0.00000144. The molecule has 104 valence electrons. The van der Waals surface area contributed by atoms with Crippen LogP contribution in [0.2, 0.25) is 0 Å². The van der Waals surface area contributed by atoms with Gasteiger partial charge in [-0.15, -0.1) is 34.0 Å². The molecule has 0 bridgehead atoms. The highest BCUT2D eigenvalue weighted by Crippen LogP contribution is 2.21. The summed E-state index contributed by atoms with van der Waals surface area (Å²) in [7, 11) is 0. The van der Waals surface area contributed by atoms with Crippen LogP contribution < -0.4 is 15.4 Å². The van der Waals surface area contributed by atoms with E-state index in [0.29, 0.717) is 6.61 Å². The lowest BCUT2D eigenvalue weighted by Gasteiger charge is -2.21. The Hall–Kier alpha value is -0.330. The minimum atomic E-state index is 0. The van der Waals surface area contributed by atoms with Gasteiger partial charge in [0, 0.05) is 24.2 Å². The highest BCUT2D eigenvalue weighted by Gasteiger charge is 2.14. The number of rotatable bonds is 1. The summed E-state index contributed by atoms with van der Waals surface area (Å²) in [4.78, 5) is 4.49. The number of halogens is 2. The number of hydrogen-bond donors (Lipinski definition) is 2. The van der Waals surface area contributed by atoms with Crippen molar-refractivity contribution in [2.75, 3.05) is 18.5 Å². The summed E-state index contributed by atoms with van der Waals surface area (Å²) in [5.41, 5.74) is 1.14. The number of aromatic nitrogens is 1. The van der Waals surface area contributed by atoms with Crippen molar-refractivity contribution in [1.82, 2.24) is 10.3 Å². The first kappa shape index (κ1) is 17.7. The summed E-state index contributed by atoms with van der Waals surface area (Å²) in [6.07, 6.45) is 0. The molecule has 0 atom stereocenters. The summed E-state index contributed by atoms with van der Waals surface area (Å²) < 4.78 is 5.59. The molecule has 2 heterocycles. The zero-order valence-electron chi connectivity index (χ0n) is 10.9. The van der Waals surface area contributed by atoms with Crippen molar-refractivity contribution in [3.8, 4) is 5.88 Å². The fraction of sp³-hybridized carbons (Fsp3) is 0.583. The first-order valence-electron chi connectivity index (χ1n) is 5.66. The van der Waals surface area contributed by atoms with Crippen molar-refractivity contribution in [3.05, 3.63) is 17.7 Å². The molecule has 0 aromatic carbocycles. The maximum absolute atomic E-state index is 5.59. The van der Waals surface area contributed by atoms with Gasteiger partial charge in [-0.3, -0.25) is 0 Å². The molecule has 6 heteroatoms. The Labute approximate surface area is 129 Å². The number of pyridine rings is 1. The van der Waals surface area contributed by atoms with Crippen LogP contribution >= 0.6 is 34.0 Å². The molecule has 0 unspecified atom stereocenters. The normalized spacial score (nSPS) is 14.2. The zero-order chi connectivity index (χ0) is 11.6. The standard InChI is InChI=1S/C12H19N3O.2BrH/c1-12(2,3)15-10-5-4-9-8-13-6-7-16-11(9)14-10;;/h4-5,13H,6-8H2,1-3H3,(H,14,15);2*1H. The molecule has 0 saturated heterocycles. The third kappa shape index (κ3) is 5.12. The van der Waals surface area contributed by atoms with E-state index in [-0.39, 0.29) is 39.5 Å². The average molecular weight is 383 g/mol. The maximum Gasteiger partial charge on any atom is 0.219 e. The first-order chi connectivity index (χ1) is 7.54. The van der Waals surface area contributed by atoms with Gasteiger partial charge in [-0.05, 0) is 32.9 Å². The lowest BCUT2D eigenvalue weighted by Crippen LogP contribution is -2.26. The van der Waals surface area contributed by atoms with Crippen molar-refractivity contribution in [3.63, 3.8) is 0 Å². The molecule has 0 amide bonds. The van der Waals surface area contributed by atoms with E-state index in [4.69, 9.17) is 4.74 Å². The lowest BCUT2D eigenvalue weighted by atomic mass is 10.1. The van der Waals surface area contributed by atoms with Crippen molar-refractivity contribution < 1.29 is 4.74 Å². The zero-order valence-corrected chi connectivity index (χ0v) is 14.4. The number of anilines is 1.